The summed E-state index contributed by atoms with van der Waals surface area (Å²) < 4.78 is 1.89. The van der Waals surface area contributed by atoms with Crippen LogP contribution < -0.4 is 5.73 Å². The number of hydrogen-bond acceptors (Lipinski definition) is 4. The molecule has 0 aliphatic heterocycles. The van der Waals surface area contributed by atoms with Crippen LogP contribution in [-0.4, -0.2) is 16.5 Å². The Balaban J connectivity index is 2.42. The minimum atomic E-state index is 0.650. The lowest BCUT2D eigenvalue weighted by Crippen LogP contribution is -2.01. The van der Waals surface area contributed by atoms with Gasteiger partial charge < -0.3 is 5.73 Å². The first kappa shape index (κ1) is 13.1. The van der Waals surface area contributed by atoms with E-state index in [1.807, 2.05) is 13.0 Å². The largest absolute Gasteiger partial charge is 0.330 e. The van der Waals surface area contributed by atoms with E-state index in [1.54, 1.807) is 17.5 Å². The molecular formula is C11H11Br2N3S. The molecule has 2 N–H and O–H groups in total. The Bertz CT molecular complexity index is 540. The molecule has 0 amide bonds. The summed E-state index contributed by atoms with van der Waals surface area (Å²) in [5, 5.41) is 0.935. The van der Waals surface area contributed by atoms with E-state index < -0.39 is 0 Å². The third-order valence-corrected chi connectivity index (χ3v) is 4.54. The number of aromatic nitrogens is 2. The number of aryl methyl sites for hydroxylation is 1. The molecule has 2 aromatic heterocycles. The Morgan fingerprint density at radius 2 is 2.18 bits per heavy atom. The molecule has 0 fully saturated rings. The van der Waals surface area contributed by atoms with Crippen molar-refractivity contribution >= 4 is 43.2 Å². The summed E-state index contributed by atoms with van der Waals surface area (Å²) in [6.45, 7) is 2.66. The molecule has 2 rings (SSSR count). The van der Waals surface area contributed by atoms with Crippen molar-refractivity contribution in [2.45, 2.75) is 13.3 Å². The van der Waals surface area contributed by atoms with E-state index in [-0.39, 0.29) is 0 Å². The van der Waals surface area contributed by atoms with Crippen LogP contribution in [0.5, 0.6) is 0 Å². The van der Waals surface area contributed by atoms with Crippen molar-refractivity contribution in [2.24, 2.45) is 5.73 Å². The van der Waals surface area contributed by atoms with Crippen LogP contribution in [0.1, 0.15) is 10.6 Å². The van der Waals surface area contributed by atoms with Gasteiger partial charge in [-0.2, -0.15) is 0 Å². The summed E-state index contributed by atoms with van der Waals surface area (Å²) in [5.74, 6) is 0. The van der Waals surface area contributed by atoms with Gasteiger partial charge in [-0.25, -0.2) is 4.98 Å². The quantitative estimate of drug-likeness (QED) is 0.891. The molecule has 0 radical (unpaired) electrons. The van der Waals surface area contributed by atoms with Crippen LogP contribution in [0.3, 0.4) is 0 Å². The predicted octanol–water partition coefficient (Wildman–Crippen LogP) is 3.54. The highest BCUT2D eigenvalue weighted by atomic mass is 79.9. The lowest BCUT2D eigenvalue weighted by atomic mass is 10.3. The van der Waals surface area contributed by atoms with Gasteiger partial charge >= 0.3 is 0 Å². The molecule has 17 heavy (non-hydrogen) atoms. The zero-order chi connectivity index (χ0) is 12.4. The van der Waals surface area contributed by atoms with Crippen molar-refractivity contribution in [3.63, 3.8) is 0 Å². The van der Waals surface area contributed by atoms with Crippen molar-refractivity contribution < 1.29 is 0 Å². The number of nitrogens with two attached hydrogens (primary N) is 1. The van der Waals surface area contributed by atoms with Crippen molar-refractivity contribution in [3.05, 3.63) is 31.8 Å². The molecule has 2 aromatic rings. The molecule has 0 unspecified atom stereocenters. The maximum atomic E-state index is 5.57. The first-order chi connectivity index (χ1) is 8.11. The predicted molar refractivity (Wildman–Crippen MR) is 78.2 cm³/mol. The minimum absolute atomic E-state index is 0.650. The van der Waals surface area contributed by atoms with Crippen LogP contribution >= 0.6 is 43.2 Å². The number of pyridine rings is 1. The van der Waals surface area contributed by atoms with Crippen LogP contribution in [0.25, 0.3) is 10.7 Å². The van der Waals surface area contributed by atoms with E-state index in [4.69, 9.17) is 5.73 Å². The van der Waals surface area contributed by atoms with E-state index in [9.17, 15) is 0 Å². The van der Waals surface area contributed by atoms with Gasteiger partial charge in [0.25, 0.3) is 0 Å². The van der Waals surface area contributed by atoms with E-state index in [1.165, 1.54) is 4.88 Å². The number of hydrogen-bond donors (Lipinski definition) is 1. The summed E-state index contributed by atoms with van der Waals surface area (Å²) in [7, 11) is 0. The van der Waals surface area contributed by atoms with Crippen LogP contribution in [0.2, 0.25) is 0 Å². The van der Waals surface area contributed by atoms with Gasteiger partial charge in [0.05, 0.1) is 5.69 Å². The highest BCUT2D eigenvalue weighted by Gasteiger charge is 2.12. The smallest absolute Gasteiger partial charge is 0.143 e. The van der Waals surface area contributed by atoms with E-state index in [0.717, 1.165) is 31.8 Å². The van der Waals surface area contributed by atoms with Crippen molar-refractivity contribution in [1.29, 1.82) is 0 Å². The highest BCUT2D eigenvalue weighted by molar-refractivity contribution is 9.11. The molecule has 0 bridgehead atoms. The number of rotatable bonds is 3. The summed E-state index contributed by atoms with van der Waals surface area (Å²) in [5.41, 5.74) is 7.50. The average molecular weight is 377 g/mol. The topological polar surface area (TPSA) is 51.8 Å². The number of thiazole rings is 1. The van der Waals surface area contributed by atoms with Crippen LogP contribution in [0.15, 0.2) is 21.2 Å². The summed E-state index contributed by atoms with van der Waals surface area (Å²) in [6.07, 6.45) is 2.65. The minimum Gasteiger partial charge on any atom is -0.330 e. The average Bonchev–Trinajstić information content (AvgIpc) is 2.60. The summed E-state index contributed by atoms with van der Waals surface area (Å²) in [6, 6.07) is 1.97. The number of halogens is 2. The fourth-order valence-corrected chi connectivity index (χ4v) is 3.86. The van der Waals surface area contributed by atoms with Crippen molar-refractivity contribution in [2.75, 3.05) is 6.54 Å². The molecular weight excluding hydrogens is 366 g/mol. The number of nitrogens with zero attached hydrogens (tertiary/aromatic N) is 2. The van der Waals surface area contributed by atoms with Gasteiger partial charge in [-0.05, 0) is 57.8 Å². The Morgan fingerprint density at radius 1 is 1.41 bits per heavy atom. The molecule has 0 aliphatic rings. The second kappa shape index (κ2) is 5.56. The van der Waals surface area contributed by atoms with Crippen LogP contribution in [-0.2, 0) is 6.42 Å². The second-order valence-corrected chi connectivity index (χ2v) is 6.40. The molecule has 0 saturated heterocycles. The third-order valence-electron chi connectivity index (χ3n) is 2.27. The summed E-state index contributed by atoms with van der Waals surface area (Å²) in [4.78, 5) is 10.2. The molecule has 0 aromatic carbocycles. The van der Waals surface area contributed by atoms with Gasteiger partial charge in [-0.3, -0.25) is 4.98 Å². The summed E-state index contributed by atoms with van der Waals surface area (Å²) >= 11 is 8.55. The molecule has 0 aliphatic carbocycles. The molecule has 90 valence electrons. The maximum Gasteiger partial charge on any atom is 0.143 e. The SMILES string of the molecule is Cc1nc(-c2ncc(Br)cc2Br)sc1CCN. The zero-order valence-corrected chi connectivity index (χ0v) is 13.2. The lowest BCUT2D eigenvalue weighted by Gasteiger charge is -1.99. The normalized spacial score (nSPS) is 10.8. The first-order valence-electron chi connectivity index (χ1n) is 5.09. The second-order valence-electron chi connectivity index (χ2n) is 3.55. The molecule has 3 nitrogen and oxygen atoms in total. The van der Waals surface area contributed by atoms with Gasteiger partial charge in [-0.1, -0.05) is 0 Å². The van der Waals surface area contributed by atoms with Gasteiger partial charge in [0.15, 0.2) is 0 Å². The lowest BCUT2D eigenvalue weighted by molar-refractivity contribution is 0.970. The first-order valence-corrected chi connectivity index (χ1v) is 7.50. The molecule has 0 atom stereocenters. The Morgan fingerprint density at radius 3 is 2.82 bits per heavy atom. The van der Waals surface area contributed by atoms with Crippen molar-refractivity contribution in [1.82, 2.24) is 9.97 Å². The third kappa shape index (κ3) is 2.93. The highest BCUT2D eigenvalue weighted by Crippen LogP contribution is 2.32. The molecule has 0 saturated carbocycles. The fourth-order valence-electron chi connectivity index (χ4n) is 1.46. The van der Waals surface area contributed by atoms with E-state index in [0.29, 0.717) is 6.54 Å². The monoisotopic (exact) mass is 375 g/mol. The zero-order valence-electron chi connectivity index (χ0n) is 9.20. The van der Waals surface area contributed by atoms with Gasteiger partial charge in [0, 0.05) is 20.0 Å². The van der Waals surface area contributed by atoms with Gasteiger partial charge in [-0.15, -0.1) is 11.3 Å². The van der Waals surface area contributed by atoms with Crippen LogP contribution in [0.4, 0.5) is 0 Å². The molecule has 6 heteroatoms. The van der Waals surface area contributed by atoms with E-state index in [2.05, 4.69) is 41.8 Å². The standard InChI is InChI=1S/C11H11Br2N3S/c1-6-9(2-3-14)17-11(16-6)10-8(13)4-7(12)5-15-10/h4-5H,2-3,14H2,1H3. The maximum absolute atomic E-state index is 5.57. The molecule has 0 spiro atoms. The van der Waals surface area contributed by atoms with E-state index >= 15 is 0 Å². The van der Waals surface area contributed by atoms with Gasteiger partial charge in [0.1, 0.15) is 10.7 Å². The fraction of sp³-hybridized carbons (Fsp3) is 0.273. The van der Waals surface area contributed by atoms with Crippen molar-refractivity contribution in [3.8, 4) is 10.7 Å². The Kier molecular flexibility index (Phi) is 4.30. The van der Waals surface area contributed by atoms with Gasteiger partial charge in [0.2, 0.25) is 0 Å². The van der Waals surface area contributed by atoms with Crippen LogP contribution in [0, 0.1) is 6.92 Å². The molecule has 2 heterocycles. The Labute approximate surface area is 121 Å². The Hall–Kier alpha value is -0.300.